The Labute approximate surface area is 302 Å². The minimum atomic E-state index is -4.86. The fourth-order valence-electron chi connectivity index (χ4n) is 5.36. The number of carboxylic acids is 1. The molecule has 2 rings (SSSR count). The number of rotatable bonds is 20. The van der Waals surface area contributed by atoms with Gasteiger partial charge in [0.05, 0.1) is 18.6 Å². The average Bonchev–Trinajstić information content (AvgIpc) is 3.06. The van der Waals surface area contributed by atoms with Crippen LogP contribution >= 0.6 is 0 Å². The summed E-state index contributed by atoms with van der Waals surface area (Å²) in [4.78, 5) is 64.3. The minimum Gasteiger partial charge on any atom is -0.480 e. The number of hydrogen-bond acceptors (Lipinski definition) is 7. The standard InChI is InChI=1S/C37H51F3N4O8/c1-7-23(6)33(35(49)44-32(22(4)5)36(50)51)42-29(46)18-17-28(45)27(19-24-11-9-8-10-12-24)41-34(48)31(21(2)3)43-30(47)20-25-13-15-26(16-14-25)52-37(38,39)40/h8-16,21-23,27-28,31-33,45H,7,17-20H2,1-6H3,(H,41,48)(H,42,46)(H,43,47)(H,44,49)(H,50,51)/t23-,27-,28-,31-,32-,33-/m0/s1. The second-order valence-corrected chi connectivity index (χ2v) is 13.6. The van der Waals surface area contributed by atoms with Gasteiger partial charge < -0.3 is 36.2 Å². The van der Waals surface area contributed by atoms with E-state index in [-0.39, 0.29) is 31.6 Å². The van der Waals surface area contributed by atoms with Gasteiger partial charge in [0.2, 0.25) is 23.6 Å². The van der Waals surface area contributed by atoms with Crippen molar-refractivity contribution in [2.24, 2.45) is 17.8 Å². The Hall–Kier alpha value is -4.66. The Balaban J connectivity index is 2.13. The molecular weight excluding hydrogens is 685 g/mol. The molecule has 0 unspecified atom stereocenters. The lowest BCUT2D eigenvalue weighted by Crippen LogP contribution is -2.56. The summed E-state index contributed by atoms with van der Waals surface area (Å²) in [6, 6.07) is 9.70. The Bertz CT molecular complexity index is 1470. The van der Waals surface area contributed by atoms with Crippen molar-refractivity contribution in [2.75, 3.05) is 0 Å². The van der Waals surface area contributed by atoms with Gasteiger partial charge in [-0.05, 0) is 53.9 Å². The maximum atomic E-state index is 13.6. The highest BCUT2D eigenvalue weighted by Gasteiger charge is 2.33. The van der Waals surface area contributed by atoms with Crippen LogP contribution in [0.5, 0.6) is 5.75 Å². The molecule has 6 N–H and O–H groups in total. The summed E-state index contributed by atoms with van der Waals surface area (Å²) in [5.74, 6) is -5.08. The number of halogens is 3. The van der Waals surface area contributed by atoms with E-state index in [2.05, 4.69) is 26.0 Å². The number of alkyl halides is 3. The quantitative estimate of drug-likeness (QED) is 0.118. The number of ether oxygens (including phenoxy) is 1. The normalized spacial score (nSPS) is 15.1. The van der Waals surface area contributed by atoms with Crippen LogP contribution in [0, 0.1) is 17.8 Å². The fraction of sp³-hybridized carbons (Fsp3) is 0.541. The Morgan fingerprint density at radius 1 is 0.731 bits per heavy atom. The number of carboxylic acid groups (broad SMARTS) is 1. The summed E-state index contributed by atoms with van der Waals surface area (Å²) in [5.41, 5.74) is 1.17. The zero-order chi connectivity index (χ0) is 39.2. The first-order chi connectivity index (χ1) is 24.3. The van der Waals surface area contributed by atoms with Gasteiger partial charge >= 0.3 is 12.3 Å². The SMILES string of the molecule is CC[C@H](C)[C@H](NC(=O)CC[C@H](O)[C@H](Cc1ccccc1)NC(=O)[C@@H](NC(=O)Cc1ccc(OC(F)(F)F)cc1)C(C)C)C(=O)N[C@H](C(=O)O)C(C)C. The molecule has 0 saturated heterocycles. The molecule has 52 heavy (non-hydrogen) atoms. The lowest BCUT2D eigenvalue weighted by Gasteiger charge is -2.29. The van der Waals surface area contributed by atoms with E-state index in [4.69, 9.17) is 0 Å². The predicted molar refractivity (Wildman–Crippen MR) is 187 cm³/mol. The summed E-state index contributed by atoms with van der Waals surface area (Å²) < 4.78 is 41.3. The van der Waals surface area contributed by atoms with Gasteiger partial charge in [-0.25, -0.2) is 4.79 Å². The number of aliphatic hydroxyl groups is 1. The van der Waals surface area contributed by atoms with Gasteiger partial charge in [-0.1, -0.05) is 90.4 Å². The molecule has 2 aromatic carbocycles. The van der Waals surface area contributed by atoms with Crippen LogP contribution in [-0.4, -0.2) is 76.4 Å². The first kappa shape index (κ1) is 43.5. The lowest BCUT2D eigenvalue weighted by atomic mass is 9.95. The number of nitrogens with one attached hydrogen (secondary N) is 4. The maximum absolute atomic E-state index is 13.6. The first-order valence-electron chi connectivity index (χ1n) is 17.3. The summed E-state index contributed by atoms with van der Waals surface area (Å²) in [6.07, 6.45) is -5.93. The highest BCUT2D eigenvalue weighted by atomic mass is 19.4. The third-order valence-electron chi connectivity index (χ3n) is 8.59. The van der Waals surface area contributed by atoms with Gasteiger partial charge in [0, 0.05) is 6.42 Å². The smallest absolute Gasteiger partial charge is 0.480 e. The molecule has 0 heterocycles. The van der Waals surface area contributed by atoms with Crippen molar-refractivity contribution in [3.8, 4) is 5.75 Å². The molecule has 0 radical (unpaired) electrons. The Morgan fingerprint density at radius 2 is 1.29 bits per heavy atom. The van der Waals surface area contributed by atoms with E-state index in [0.717, 1.165) is 17.7 Å². The van der Waals surface area contributed by atoms with Crippen molar-refractivity contribution in [3.05, 3.63) is 65.7 Å². The van der Waals surface area contributed by atoms with Crippen LogP contribution in [0.15, 0.2) is 54.6 Å². The molecule has 0 aliphatic heterocycles. The van der Waals surface area contributed by atoms with Crippen molar-refractivity contribution in [2.45, 2.75) is 110 Å². The van der Waals surface area contributed by atoms with Crippen molar-refractivity contribution in [1.82, 2.24) is 21.3 Å². The Morgan fingerprint density at radius 3 is 1.81 bits per heavy atom. The molecule has 6 atom stereocenters. The number of benzene rings is 2. The lowest BCUT2D eigenvalue weighted by molar-refractivity contribution is -0.274. The number of carbonyl (C=O) groups excluding carboxylic acids is 4. The predicted octanol–water partition coefficient (Wildman–Crippen LogP) is 3.89. The molecule has 15 heteroatoms. The molecule has 2 aromatic rings. The van der Waals surface area contributed by atoms with Crippen LogP contribution in [0.3, 0.4) is 0 Å². The zero-order valence-corrected chi connectivity index (χ0v) is 30.3. The van der Waals surface area contributed by atoms with E-state index in [1.807, 2.05) is 25.1 Å². The first-order valence-corrected chi connectivity index (χ1v) is 17.3. The van der Waals surface area contributed by atoms with Crippen molar-refractivity contribution < 1.29 is 52.1 Å². The Kier molecular flexibility index (Phi) is 17.1. The molecule has 0 spiro atoms. The summed E-state index contributed by atoms with van der Waals surface area (Å²) in [6.45, 7) is 10.3. The molecule has 0 fully saturated rings. The molecule has 0 aromatic heterocycles. The van der Waals surface area contributed by atoms with Gasteiger partial charge in [0.25, 0.3) is 0 Å². The van der Waals surface area contributed by atoms with E-state index in [9.17, 15) is 47.4 Å². The van der Waals surface area contributed by atoms with E-state index in [0.29, 0.717) is 12.0 Å². The molecule has 0 bridgehead atoms. The molecule has 4 amide bonds. The van der Waals surface area contributed by atoms with Crippen LogP contribution in [-0.2, 0) is 36.8 Å². The van der Waals surface area contributed by atoms with Crippen LogP contribution < -0.4 is 26.0 Å². The monoisotopic (exact) mass is 736 g/mol. The molecule has 0 aliphatic rings. The number of aliphatic carboxylic acids is 1. The molecule has 0 aliphatic carbocycles. The van der Waals surface area contributed by atoms with E-state index < -0.39 is 83.8 Å². The highest BCUT2D eigenvalue weighted by Crippen LogP contribution is 2.23. The van der Waals surface area contributed by atoms with Crippen LogP contribution in [0.4, 0.5) is 13.2 Å². The van der Waals surface area contributed by atoms with Crippen LogP contribution in [0.1, 0.15) is 71.9 Å². The molecular formula is C37H51F3N4O8. The summed E-state index contributed by atoms with van der Waals surface area (Å²) in [5, 5.41) is 31.5. The second kappa shape index (κ2) is 20.4. The fourth-order valence-corrected chi connectivity index (χ4v) is 5.36. The summed E-state index contributed by atoms with van der Waals surface area (Å²) >= 11 is 0. The van der Waals surface area contributed by atoms with Crippen molar-refractivity contribution >= 4 is 29.6 Å². The molecule has 12 nitrogen and oxygen atoms in total. The van der Waals surface area contributed by atoms with Crippen LogP contribution in [0.25, 0.3) is 0 Å². The van der Waals surface area contributed by atoms with Gasteiger partial charge in [0.1, 0.15) is 23.9 Å². The van der Waals surface area contributed by atoms with E-state index in [1.165, 1.54) is 12.1 Å². The van der Waals surface area contributed by atoms with Gasteiger partial charge in [-0.15, -0.1) is 13.2 Å². The third-order valence-corrected chi connectivity index (χ3v) is 8.59. The largest absolute Gasteiger partial charge is 0.573 e. The number of aliphatic hydroxyl groups excluding tert-OH is 1. The highest BCUT2D eigenvalue weighted by molar-refractivity contribution is 5.91. The van der Waals surface area contributed by atoms with Gasteiger partial charge in [-0.2, -0.15) is 0 Å². The van der Waals surface area contributed by atoms with E-state index >= 15 is 0 Å². The van der Waals surface area contributed by atoms with Crippen LogP contribution in [0.2, 0.25) is 0 Å². The topological polar surface area (TPSA) is 183 Å². The maximum Gasteiger partial charge on any atom is 0.573 e. The molecule has 288 valence electrons. The second-order valence-electron chi connectivity index (χ2n) is 13.6. The van der Waals surface area contributed by atoms with Gasteiger partial charge in [-0.3, -0.25) is 19.2 Å². The summed E-state index contributed by atoms with van der Waals surface area (Å²) in [7, 11) is 0. The van der Waals surface area contributed by atoms with Crippen molar-refractivity contribution in [3.63, 3.8) is 0 Å². The zero-order valence-electron chi connectivity index (χ0n) is 30.3. The number of hydrogen-bond donors (Lipinski definition) is 6. The molecule has 0 saturated carbocycles. The minimum absolute atomic E-state index is 0.102. The van der Waals surface area contributed by atoms with E-state index in [1.54, 1.807) is 46.8 Å². The van der Waals surface area contributed by atoms with Gasteiger partial charge in [0.15, 0.2) is 0 Å². The third kappa shape index (κ3) is 14.9. The van der Waals surface area contributed by atoms with Crippen molar-refractivity contribution in [1.29, 1.82) is 0 Å². The number of amides is 4. The number of carbonyl (C=O) groups is 5. The average molecular weight is 737 g/mol.